The van der Waals surface area contributed by atoms with E-state index in [4.69, 9.17) is 0 Å². The lowest BCUT2D eigenvalue weighted by Gasteiger charge is -2.25. The summed E-state index contributed by atoms with van der Waals surface area (Å²) in [5, 5.41) is 3.48. The topological polar surface area (TPSA) is 35.6 Å². The Hall–Kier alpha value is -1.55. The molecule has 0 spiro atoms. The van der Waals surface area contributed by atoms with Crippen LogP contribution in [-0.2, 0) is 11.3 Å². The maximum absolute atomic E-state index is 12.1. The van der Waals surface area contributed by atoms with E-state index in [1.54, 1.807) is 0 Å². The van der Waals surface area contributed by atoms with E-state index in [2.05, 4.69) is 49.2 Å². The lowest BCUT2D eigenvalue weighted by molar-refractivity contribution is -0.127. The summed E-state index contributed by atoms with van der Waals surface area (Å²) in [6.45, 7) is 9.53. The highest BCUT2D eigenvalue weighted by atomic mass is 16.2. The fourth-order valence-electron chi connectivity index (χ4n) is 2.67. The molecule has 0 radical (unpaired) electrons. The van der Waals surface area contributed by atoms with E-state index in [0.29, 0.717) is 12.6 Å². The summed E-state index contributed by atoms with van der Waals surface area (Å²) in [4.78, 5) is 16.2. The Kier molecular flexibility index (Phi) is 5.23. The van der Waals surface area contributed by atoms with Crippen LogP contribution in [0.1, 0.15) is 31.4 Å². The summed E-state index contributed by atoms with van der Waals surface area (Å²) in [5.74, 6) is 0.204. The molecule has 0 saturated carbocycles. The number of rotatable bonds is 4. The smallest absolute Gasteiger partial charge is 0.241 e. The minimum Gasteiger partial charge on any atom is -0.362 e. The zero-order chi connectivity index (χ0) is 15.4. The molecule has 116 valence electrons. The van der Waals surface area contributed by atoms with E-state index in [1.807, 2.05) is 11.9 Å². The molecule has 1 heterocycles. The summed E-state index contributed by atoms with van der Waals surface area (Å²) < 4.78 is 0. The van der Waals surface area contributed by atoms with E-state index < -0.39 is 0 Å². The Morgan fingerprint density at radius 3 is 2.76 bits per heavy atom. The van der Waals surface area contributed by atoms with Gasteiger partial charge in [0, 0.05) is 38.4 Å². The van der Waals surface area contributed by atoms with Crippen LogP contribution in [0.4, 0.5) is 5.69 Å². The summed E-state index contributed by atoms with van der Waals surface area (Å²) in [6, 6.07) is 6.97. The number of carbonyl (C=O) groups is 1. The van der Waals surface area contributed by atoms with Crippen molar-refractivity contribution in [3.05, 3.63) is 29.3 Å². The van der Waals surface area contributed by atoms with E-state index >= 15 is 0 Å². The lowest BCUT2D eigenvalue weighted by atomic mass is 10.1. The zero-order valence-corrected chi connectivity index (χ0v) is 13.6. The van der Waals surface area contributed by atoms with Crippen LogP contribution in [-0.4, -0.2) is 43.5 Å². The predicted molar refractivity (Wildman–Crippen MR) is 87.6 cm³/mol. The van der Waals surface area contributed by atoms with E-state index in [9.17, 15) is 4.79 Å². The number of nitrogens with zero attached hydrogens (tertiary/aromatic N) is 2. The van der Waals surface area contributed by atoms with Crippen LogP contribution in [0.5, 0.6) is 0 Å². The van der Waals surface area contributed by atoms with Crippen LogP contribution in [0.25, 0.3) is 0 Å². The summed E-state index contributed by atoms with van der Waals surface area (Å²) in [7, 11) is 1.89. The van der Waals surface area contributed by atoms with Crippen molar-refractivity contribution in [2.24, 2.45) is 0 Å². The number of aryl methyl sites for hydroxylation is 1. The van der Waals surface area contributed by atoms with Gasteiger partial charge in [-0.3, -0.25) is 4.79 Å². The molecule has 0 aliphatic carbocycles. The van der Waals surface area contributed by atoms with Crippen molar-refractivity contribution in [3.63, 3.8) is 0 Å². The number of likely N-dealkylation sites (N-methyl/N-ethyl adjacent to an activating group) is 1. The Balaban J connectivity index is 2.22. The molecule has 1 N–H and O–H groups in total. The average molecular weight is 289 g/mol. The third kappa shape index (κ3) is 4.21. The van der Waals surface area contributed by atoms with Crippen molar-refractivity contribution < 1.29 is 4.79 Å². The van der Waals surface area contributed by atoms with Gasteiger partial charge >= 0.3 is 0 Å². The second kappa shape index (κ2) is 6.94. The van der Waals surface area contributed by atoms with Crippen LogP contribution >= 0.6 is 0 Å². The van der Waals surface area contributed by atoms with Gasteiger partial charge in [0.2, 0.25) is 5.91 Å². The maximum Gasteiger partial charge on any atom is 0.241 e. The third-order valence-electron chi connectivity index (χ3n) is 3.95. The van der Waals surface area contributed by atoms with E-state index in [-0.39, 0.29) is 5.91 Å². The number of nitrogens with one attached hydrogen (secondary N) is 1. The second-order valence-corrected chi connectivity index (χ2v) is 6.26. The first kappa shape index (κ1) is 15.8. The molecule has 4 heteroatoms. The molecule has 1 aliphatic rings. The maximum atomic E-state index is 12.1. The number of carbonyl (C=O) groups excluding carboxylic acids is 1. The highest BCUT2D eigenvalue weighted by Gasteiger charge is 2.20. The molecule has 0 atom stereocenters. The molecule has 0 aromatic heterocycles. The van der Waals surface area contributed by atoms with Crippen molar-refractivity contribution >= 4 is 11.6 Å². The molecule has 0 unspecified atom stereocenters. The van der Waals surface area contributed by atoms with Gasteiger partial charge in [0.15, 0.2) is 0 Å². The highest BCUT2D eigenvalue weighted by molar-refractivity contribution is 5.82. The molecule has 1 aliphatic heterocycles. The van der Waals surface area contributed by atoms with Gasteiger partial charge in [0.05, 0.1) is 6.54 Å². The van der Waals surface area contributed by atoms with Gasteiger partial charge in [-0.05, 0) is 25.0 Å². The molecule has 21 heavy (non-hydrogen) atoms. The van der Waals surface area contributed by atoms with Gasteiger partial charge in [0.1, 0.15) is 0 Å². The SMILES string of the molecule is Cc1ccc(N2CCCN(C)C(=O)C2)c(CNC(C)C)c1. The molecule has 2 rings (SSSR count). The molecule has 1 fully saturated rings. The van der Waals surface area contributed by atoms with Gasteiger partial charge in [-0.1, -0.05) is 31.5 Å². The lowest BCUT2D eigenvalue weighted by Crippen LogP contribution is -2.35. The normalized spacial score (nSPS) is 16.5. The minimum atomic E-state index is 0.204. The monoisotopic (exact) mass is 289 g/mol. The molecular weight excluding hydrogens is 262 g/mol. The van der Waals surface area contributed by atoms with Crippen LogP contribution in [0, 0.1) is 6.92 Å². The molecule has 0 bridgehead atoms. The number of benzene rings is 1. The van der Waals surface area contributed by atoms with Gasteiger partial charge in [-0.25, -0.2) is 0 Å². The van der Waals surface area contributed by atoms with Crippen LogP contribution < -0.4 is 10.2 Å². The van der Waals surface area contributed by atoms with Gasteiger partial charge in [-0.15, -0.1) is 0 Å². The zero-order valence-electron chi connectivity index (χ0n) is 13.6. The van der Waals surface area contributed by atoms with Crippen molar-refractivity contribution in [1.29, 1.82) is 0 Å². The predicted octanol–water partition coefficient (Wildman–Crippen LogP) is 2.16. The quantitative estimate of drug-likeness (QED) is 0.922. The van der Waals surface area contributed by atoms with E-state index in [1.165, 1.54) is 16.8 Å². The van der Waals surface area contributed by atoms with Crippen LogP contribution in [0.15, 0.2) is 18.2 Å². The second-order valence-electron chi connectivity index (χ2n) is 6.26. The van der Waals surface area contributed by atoms with Crippen LogP contribution in [0.3, 0.4) is 0 Å². The molecule has 1 amide bonds. The van der Waals surface area contributed by atoms with Crippen molar-refractivity contribution in [3.8, 4) is 0 Å². The fourth-order valence-corrected chi connectivity index (χ4v) is 2.67. The number of hydrogen-bond donors (Lipinski definition) is 1. The first-order valence-corrected chi connectivity index (χ1v) is 7.79. The van der Waals surface area contributed by atoms with Crippen molar-refractivity contribution in [1.82, 2.24) is 10.2 Å². The summed E-state index contributed by atoms with van der Waals surface area (Å²) >= 11 is 0. The fraction of sp³-hybridized carbons (Fsp3) is 0.588. The third-order valence-corrected chi connectivity index (χ3v) is 3.95. The van der Waals surface area contributed by atoms with Crippen molar-refractivity contribution in [2.75, 3.05) is 31.6 Å². The summed E-state index contributed by atoms with van der Waals surface area (Å²) in [5.41, 5.74) is 3.73. The standard InChI is InChI=1S/C17H27N3O/c1-13(2)18-11-15-10-14(3)6-7-16(15)20-9-5-8-19(4)17(21)12-20/h6-7,10,13,18H,5,8-9,11-12H2,1-4H3. The Bertz CT molecular complexity index is 499. The largest absolute Gasteiger partial charge is 0.362 e. The van der Waals surface area contributed by atoms with Gasteiger partial charge in [-0.2, -0.15) is 0 Å². The van der Waals surface area contributed by atoms with Gasteiger partial charge in [0.25, 0.3) is 0 Å². The molecule has 1 aromatic rings. The molecule has 1 saturated heterocycles. The first-order valence-electron chi connectivity index (χ1n) is 7.79. The Labute approximate surface area is 128 Å². The van der Waals surface area contributed by atoms with E-state index in [0.717, 1.165) is 26.1 Å². The molecule has 4 nitrogen and oxygen atoms in total. The van der Waals surface area contributed by atoms with Gasteiger partial charge < -0.3 is 15.1 Å². The first-order chi connectivity index (χ1) is 9.97. The summed E-state index contributed by atoms with van der Waals surface area (Å²) in [6.07, 6.45) is 1.02. The number of anilines is 1. The average Bonchev–Trinajstić information content (AvgIpc) is 2.59. The Morgan fingerprint density at radius 2 is 2.05 bits per heavy atom. The minimum absolute atomic E-state index is 0.204. The Morgan fingerprint density at radius 1 is 1.29 bits per heavy atom. The number of hydrogen-bond acceptors (Lipinski definition) is 3. The molecule has 1 aromatic carbocycles. The van der Waals surface area contributed by atoms with Crippen LogP contribution in [0.2, 0.25) is 0 Å². The molecular formula is C17H27N3O. The number of amides is 1. The van der Waals surface area contributed by atoms with Crippen molar-refractivity contribution in [2.45, 2.75) is 39.8 Å². The highest BCUT2D eigenvalue weighted by Crippen LogP contribution is 2.23.